The SMILES string of the molecule is CC(C)CCN=C(N)NCCN1CCCCCC1.I. The molecule has 1 aliphatic rings. The molecule has 0 radical (unpaired) electrons. The molecule has 1 aliphatic heterocycles. The summed E-state index contributed by atoms with van der Waals surface area (Å²) >= 11 is 0. The van der Waals surface area contributed by atoms with Gasteiger partial charge in [-0.15, -0.1) is 24.0 Å². The van der Waals surface area contributed by atoms with E-state index in [4.69, 9.17) is 5.73 Å². The number of aliphatic imine (C=N–C) groups is 1. The predicted molar refractivity (Wildman–Crippen MR) is 94.3 cm³/mol. The Morgan fingerprint density at radius 2 is 1.84 bits per heavy atom. The number of guanidine groups is 1. The molecular formula is C14H31IN4. The van der Waals surface area contributed by atoms with E-state index in [0.717, 1.165) is 26.1 Å². The van der Waals surface area contributed by atoms with Crippen LogP contribution in [0.1, 0.15) is 46.0 Å². The fraction of sp³-hybridized carbons (Fsp3) is 0.929. The van der Waals surface area contributed by atoms with Gasteiger partial charge in [0.2, 0.25) is 0 Å². The second-order valence-electron chi connectivity index (χ2n) is 5.63. The summed E-state index contributed by atoms with van der Waals surface area (Å²) in [6.07, 6.45) is 6.58. The van der Waals surface area contributed by atoms with Gasteiger partial charge in [0.05, 0.1) is 0 Å². The molecule has 1 saturated heterocycles. The highest BCUT2D eigenvalue weighted by Crippen LogP contribution is 2.08. The number of nitrogens with two attached hydrogens (primary N) is 1. The van der Waals surface area contributed by atoms with Gasteiger partial charge in [-0.1, -0.05) is 26.7 Å². The van der Waals surface area contributed by atoms with Crippen LogP contribution in [-0.2, 0) is 0 Å². The molecule has 0 amide bonds. The Labute approximate surface area is 135 Å². The molecule has 0 atom stereocenters. The molecule has 0 aromatic heterocycles. The third-order valence-corrected chi connectivity index (χ3v) is 3.42. The van der Waals surface area contributed by atoms with Gasteiger partial charge < -0.3 is 16.0 Å². The maximum atomic E-state index is 5.83. The zero-order valence-electron chi connectivity index (χ0n) is 12.5. The minimum absolute atomic E-state index is 0. The minimum Gasteiger partial charge on any atom is -0.370 e. The molecule has 5 heteroatoms. The van der Waals surface area contributed by atoms with Crippen molar-refractivity contribution in [1.29, 1.82) is 0 Å². The number of halogens is 1. The summed E-state index contributed by atoms with van der Waals surface area (Å²) < 4.78 is 0. The van der Waals surface area contributed by atoms with Gasteiger partial charge in [0.1, 0.15) is 0 Å². The van der Waals surface area contributed by atoms with Crippen molar-refractivity contribution in [1.82, 2.24) is 10.2 Å². The van der Waals surface area contributed by atoms with Crippen molar-refractivity contribution in [2.75, 3.05) is 32.7 Å². The number of likely N-dealkylation sites (tertiary alicyclic amines) is 1. The smallest absolute Gasteiger partial charge is 0.188 e. The van der Waals surface area contributed by atoms with Crippen molar-refractivity contribution in [3.8, 4) is 0 Å². The molecule has 4 nitrogen and oxygen atoms in total. The molecule has 0 aromatic rings. The predicted octanol–water partition coefficient (Wildman–Crippen LogP) is 2.43. The van der Waals surface area contributed by atoms with Crippen molar-refractivity contribution in [3.05, 3.63) is 0 Å². The number of hydrogen-bond acceptors (Lipinski definition) is 2. The van der Waals surface area contributed by atoms with E-state index in [0.29, 0.717) is 11.9 Å². The van der Waals surface area contributed by atoms with Crippen LogP contribution in [0.5, 0.6) is 0 Å². The highest BCUT2D eigenvalue weighted by molar-refractivity contribution is 14.0. The van der Waals surface area contributed by atoms with Crippen LogP contribution in [0.3, 0.4) is 0 Å². The molecule has 1 fully saturated rings. The van der Waals surface area contributed by atoms with E-state index < -0.39 is 0 Å². The normalized spacial score (nSPS) is 17.9. The first-order valence-electron chi connectivity index (χ1n) is 7.44. The lowest BCUT2D eigenvalue weighted by Gasteiger charge is -2.19. The third kappa shape index (κ3) is 10.4. The molecule has 0 bridgehead atoms. The first-order valence-corrected chi connectivity index (χ1v) is 7.44. The van der Waals surface area contributed by atoms with Crippen molar-refractivity contribution in [3.63, 3.8) is 0 Å². The lowest BCUT2D eigenvalue weighted by Crippen LogP contribution is -2.39. The lowest BCUT2D eigenvalue weighted by molar-refractivity contribution is 0.289. The van der Waals surface area contributed by atoms with Crippen LogP contribution in [0, 0.1) is 5.92 Å². The van der Waals surface area contributed by atoms with Gasteiger partial charge in [-0.3, -0.25) is 4.99 Å². The van der Waals surface area contributed by atoms with E-state index in [1.807, 2.05) is 0 Å². The fourth-order valence-corrected chi connectivity index (χ4v) is 2.20. The van der Waals surface area contributed by atoms with Crippen LogP contribution in [0.2, 0.25) is 0 Å². The van der Waals surface area contributed by atoms with Crippen LogP contribution >= 0.6 is 24.0 Å². The maximum Gasteiger partial charge on any atom is 0.188 e. The van der Waals surface area contributed by atoms with E-state index in [2.05, 4.69) is 29.1 Å². The Bertz CT molecular complexity index is 236. The highest BCUT2D eigenvalue weighted by atomic mass is 127. The monoisotopic (exact) mass is 382 g/mol. The molecule has 0 aromatic carbocycles. The Kier molecular flexibility index (Phi) is 11.7. The Morgan fingerprint density at radius 1 is 1.21 bits per heavy atom. The molecule has 19 heavy (non-hydrogen) atoms. The Morgan fingerprint density at radius 3 is 2.42 bits per heavy atom. The van der Waals surface area contributed by atoms with Gasteiger partial charge in [-0.05, 0) is 38.3 Å². The first-order chi connectivity index (χ1) is 8.68. The molecule has 3 N–H and O–H groups in total. The zero-order chi connectivity index (χ0) is 13.2. The van der Waals surface area contributed by atoms with Crippen LogP contribution < -0.4 is 11.1 Å². The van der Waals surface area contributed by atoms with E-state index in [-0.39, 0.29) is 24.0 Å². The van der Waals surface area contributed by atoms with Gasteiger partial charge in [0, 0.05) is 19.6 Å². The minimum atomic E-state index is 0. The Balaban J connectivity index is 0.00000324. The van der Waals surface area contributed by atoms with E-state index in [1.165, 1.54) is 38.8 Å². The maximum absolute atomic E-state index is 5.83. The van der Waals surface area contributed by atoms with Gasteiger partial charge in [-0.2, -0.15) is 0 Å². The largest absolute Gasteiger partial charge is 0.370 e. The summed E-state index contributed by atoms with van der Waals surface area (Å²) in [7, 11) is 0. The summed E-state index contributed by atoms with van der Waals surface area (Å²) in [5.74, 6) is 1.30. The number of nitrogens with zero attached hydrogens (tertiary/aromatic N) is 2. The van der Waals surface area contributed by atoms with Crippen LogP contribution in [-0.4, -0.2) is 43.6 Å². The number of hydrogen-bond donors (Lipinski definition) is 2. The third-order valence-electron chi connectivity index (χ3n) is 3.42. The van der Waals surface area contributed by atoms with Crippen LogP contribution in [0.4, 0.5) is 0 Å². The lowest BCUT2D eigenvalue weighted by atomic mass is 10.1. The molecule has 0 spiro atoms. The molecule has 0 unspecified atom stereocenters. The van der Waals surface area contributed by atoms with Gasteiger partial charge in [0.15, 0.2) is 5.96 Å². The quantitative estimate of drug-likeness (QED) is 0.422. The summed E-state index contributed by atoms with van der Waals surface area (Å²) in [5, 5.41) is 3.21. The van der Waals surface area contributed by atoms with Crippen molar-refractivity contribution < 1.29 is 0 Å². The average Bonchev–Trinajstić information content (AvgIpc) is 2.57. The highest BCUT2D eigenvalue weighted by Gasteiger charge is 2.07. The molecule has 0 saturated carbocycles. The summed E-state index contributed by atoms with van der Waals surface area (Å²) in [4.78, 5) is 6.86. The molecular weight excluding hydrogens is 351 g/mol. The molecule has 1 rings (SSSR count). The van der Waals surface area contributed by atoms with E-state index in [9.17, 15) is 0 Å². The fourth-order valence-electron chi connectivity index (χ4n) is 2.20. The van der Waals surface area contributed by atoms with E-state index in [1.54, 1.807) is 0 Å². The Hall–Kier alpha value is -0.0400. The summed E-state index contributed by atoms with van der Waals surface area (Å²) in [6, 6.07) is 0. The number of rotatable bonds is 6. The van der Waals surface area contributed by atoms with Crippen molar-refractivity contribution in [2.45, 2.75) is 46.0 Å². The zero-order valence-corrected chi connectivity index (χ0v) is 14.9. The van der Waals surface area contributed by atoms with Gasteiger partial charge in [0.25, 0.3) is 0 Å². The first kappa shape index (κ1) is 19.0. The van der Waals surface area contributed by atoms with Gasteiger partial charge in [-0.25, -0.2) is 0 Å². The molecule has 114 valence electrons. The number of nitrogens with one attached hydrogen (secondary N) is 1. The second-order valence-corrected chi connectivity index (χ2v) is 5.63. The van der Waals surface area contributed by atoms with Crippen molar-refractivity contribution in [2.24, 2.45) is 16.6 Å². The van der Waals surface area contributed by atoms with Crippen LogP contribution in [0.25, 0.3) is 0 Å². The topological polar surface area (TPSA) is 53.6 Å². The average molecular weight is 382 g/mol. The molecule has 1 heterocycles. The van der Waals surface area contributed by atoms with Crippen molar-refractivity contribution >= 4 is 29.9 Å². The second kappa shape index (κ2) is 11.8. The molecule has 0 aliphatic carbocycles. The van der Waals surface area contributed by atoms with Gasteiger partial charge >= 0.3 is 0 Å². The standard InChI is InChI=1S/C14H30N4.HI/c1-13(2)7-8-16-14(15)17-9-12-18-10-5-3-4-6-11-18;/h13H,3-12H2,1-2H3,(H3,15,16,17);1H. The van der Waals surface area contributed by atoms with E-state index >= 15 is 0 Å². The summed E-state index contributed by atoms with van der Waals surface area (Å²) in [5.41, 5.74) is 5.83. The summed E-state index contributed by atoms with van der Waals surface area (Å²) in [6.45, 7) is 9.73. The van der Waals surface area contributed by atoms with Crippen LogP contribution in [0.15, 0.2) is 4.99 Å².